The third kappa shape index (κ3) is 2.57. The zero-order chi connectivity index (χ0) is 13.0. The van der Waals surface area contributed by atoms with Crippen LogP contribution in [0.3, 0.4) is 0 Å². The fourth-order valence-electron chi connectivity index (χ4n) is 1.44. The number of rotatable bonds is 2. The first-order chi connectivity index (χ1) is 8.68. The molecule has 0 atom stereocenters. The average Bonchev–Trinajstić information content (AvgIpc) is 2.83. The van der Waals surface area contributed by atoms with E-state index in [0.717, 1.165) is 0 Å². The molecule has 0 saturated heterocycles. The first kappa shape index (κ1) is 11.9. The number of hydrazine groups is 1. The van der Waals surface area contributed by atoms with Gasteiger partial charge >= 0.3 is 5.91 Å². The summed E-state index contributed by atoms with van der Waals surface area (Å²) in [5, 5.41) is 0. The highest BCUT2D eigenvalue weighted by molar-refractivity contribution is 5.98. The van der Waals surface area contributed by atoms with Gasteiger partial charge in [0.2, 0.25) is 0 Å². The van der Waals surface area contributed by atoms with Crippen molar-refractivity contribution in [2.75, 3.05) is 0 Å². The molecule has 0 aliphatic rings. The second kappa shape index (κ2) is 5.18. The summed E-state index contributed by atoms with van der Waals surface area (Å²) in [5.41, 5.74) is 5.78. The van der Waals surface area contributed by atoms with Gasteiger partial charge < -0.3 is 4.42 Å². The van der Waals surface area contributed by atoms with Crippen molar-refractivity contribution in [1.82, 2.24) is 10.9 Å². The van der Waals surface area contributed by atoms with Crippen LogP contribution in [0, 0.1) is 6.92 Å². The summed E-state index contributed by atoms with van der Waals surface area (Å²) in [6, 6.07) is 10.3. The number of carbonyl (C=O) groups is 2. The minimum absolute atomic E-state index is 0.184. The molecule has 0 aliphatic heterocycles. The summed E-state index contributed by atoms with van der Waals surface area (Å²) in [5.74, 6) is -0.682. The number of benzene rings is 1. The maximum Gasteiger partial charge on any atom is 0.305 e. The Morgan fingerprint density at radius 2 is 1.67 bits per heavy atom. The molecule has 1 aromatic carbocycles. The summed E-state index contributed by atoms with van der Waals surface area (Å²) in [6.07, 6.45) is 1.42. The summed E-state index contributed by atoms with van der Waals surface area (Å²) in [6.45, 7) is 1.75. The molecule has 0 aliphatic carbocycles. The van der Waals surface area contributed by atoms with E-state index in [4.69, 9.17) is 4.42 Å². The summed E-state index contributed by atoms with van der Waals surface area (Å²) >= 11 is 0. The fourth-order valence-corrected chi connectivity index (χ4v) is 1.44. The second-order valence-corrected chi connectivity index (χ2v) is 3.71. The predicted octanol–water partition coefficient (Wildman–Crippen LogP) is 1.66. The van der Waals surface area contributed by atoms with Gasteiger partial charge in [-0.25, -0.2) is 0 Å². The molecule has 0 radical (unpaired) electrons. The molecular weight excluding hydrogens is 232 g/mol. The maximum atomic E-state index is 11.6. The Hall–Kier alpha value is -2.56. The largest absolute Gasteiger partial charge is 0.459 e. The van der Waals surface area contributed by atoms with Crippen molar-refractivity contribution in [1.29, 1.82) is 0 Å². The number of amides is 2. The van der Waals surface area contributed by atoms with Gasteiger partial charge in [-0.1, -0.05) is 18.2 Å². The van der Waals surface area contributed by atoms with E-state index >= 15 is 0 Å². The summed E-state index contributed by atoms with van der Waals surface area (Å²) < 4.78 is 5.00. The molecule has 5 nitrogen and oxygen atoms in total. The Balaban J connectivity index is 1.95. The minimum atomic E-state index is -0.484. The Kier molecular flexibility index (Phi) is 3.43. The molecule has 2 amide bonds. The first-order valence-electron chi connectivity index (χ1n) is 5.38. The van der Waals surface area contributed by atoms with Gasteiger partial charge in [0.05, 0.1) is 6.26 Å². The molecule has 0 spiro atoms. The van der Waals surface area contributed by atoms with Crippen LogP contribution in [0.2, 0.25) is 0 Å². The monoisotopic (exact) mass is 244 g/mol. The van der Waals surface area contributed by atoms with Gasteiger partial charge in [0, 0.05) is 11.1 Å². The van der Waals surface area contributed by atoms with Crippen molar-refractivity contribution in [3.63, 3.8) is 0 Å². The van der Waals surface area contributed by atoms with Crippen LogP contribution >= 0.6 is 0 Å². The molecule has 0 saturated carbocycles. The molecule has 0 fully saturated rings. The number of carbonyl (C=O) groups excluding carboxylic acids is 2. The molecule has 92 valence electrons. The van der Waals surface area contributed by atoms with Crippen LogP contribution in [0.5, 0.6) is 0 Å². The highest BCUT2D eigenvalue weighted by Crippen LogP contribution is 2.07. The quantitative estimate of drug-likeness (QED) is 0.789. The number of nitrogens with one attached hydrogen (secondary N) is 2. The number of furan rings is 1. The van der Waals surface area contributed by atoms with Crippen LogP contribution in [0.1, 0.15) is 26.5 Å². The molecular formula is C13H12N2O3. The van der Waals surface area contributed by atoms with Gasteiger partial charge in [0.1, 0.15) is 0 Å². The van der Waals surface area contributed by atoms with Crippen LogP contribution in [0.25, 0.3) is 0 Å². The molecule has 0 unspecified atom stereocenters. The van der Waals surface area contributed by atoms with Gasteiger partial charge in [-0.2, -0.15) is 0 Å². The van der Waals surface area contributed by atoms with Crippen molar-refractivity contribution in [2.45, 2.75) is 6.92 Å². The minimum Gasteiger partial charge on any atom is -0.459 e. The third-order valence-electron chi connectivity index (χ3n) is 2.39. The van der Waals surface area contributed by atoms with Gasteiger partial charge in [0.25, 0.3) is 5.91 Å². The van der Waals surface area contributed by atoms with Crippen LogP contribution in [0.15, 0.2) is 47.1 Å². The van der Waals surface area contributed by atoms with Crippen LogP contribution in [0.4, 0.5) is 0 Å². The van der Waals surface area contributed by atoms with E-state index in [0.29, 0.717) is 11.1 Å². The molecule has 0 bridgehead atoms. The molecule has 5 heteroatoms. The van der Waals surface area contributed by atoms with Crippen molar-refractivity contribution < 1.29 is 14.0 Å². The lowest BCUT2D eigenvalue weighted by Gasteiger charge is -2.06. The van der Waals surface area contributed by atoms with Gasteiger partial charge in [0.15, 0.2) is 5.76 Å². The molecule has 2 N–H and O–H groups in total. The standard InChI is InChI=1S/C13H12N2O3/c1-9-7-8-18-11(9)13(17)15-14-12(16)10-5-3-2-4-6-10/h2-8H,1H3,(H,14,16)(H,15,17). The van der Waals surface area contributed by atoms with Crippen LogP contribution in [-0.4, -0.2) is 11.8 Å². The van der Waals surface area contributed by atoms with Crippen molar-refractivity contribution >= 4 is 11.8 Å². The Morgan fingerprint density at radius 1 is 1.00 bits per heavy atom. The van der Waals surface area contributed by atoms with Crippen molar-refractivity contribution in [3.8, 4) is 0 Å². The highest BCUT2D eigenvalue weighted by atomic mass is 16.3. The summed E-state index contributed by atoms with van der Waals surface area (Å²) in [7, 11) is 0. The highest BCUT2D eigenvalue weighted by Gasteiger charge is 2.13. The lowest BCUT2D eigenvalue weighted by molar-refractivity contribution is 0.0830. The van der Waals surface area contributed by atoms with Crippen molar-refractivity contribution in [2.24, 2.45) is 0 Å². The lowest BCUT2D eigenvalue weighted by Crippen LogP contribution is -2.41. The normalized spacial score (nSPS) is 9.83. The smallest absolute Gasteiger partial charge is 0.305 e. The van der Waals surface area contributed by atoms with Gasteiger partial charge in [-0.3, -0.25) is 20.4 Å². The second-order valence-electron chi connectivity index (χ2n) is 3.71. The Labute approximate surface area is 104 Å². The van der Waals surface area contributed by atoms with E-state index in [-0.39, 0.29) is 11.7 Å². The average molecular weight is 244 g/mol. The van der Waals surface area contributed by atoms with E-state index in [9.17, 15) is 9.59 Å². The maximum absolute atomic E-state index is 11.6. The van der Waals surface area contributed by atoms with Gasteiger partial charge in [-0.15, -0.1) is 0 Å². The van der Waals surface area contributed by atoms with E-state index in [1.165, 1.54) is 6.26 Å². The van der Waals surface area contributed by atoms with Crippen LogP contribution < -0.4 is 10.9 Å². The topological polar surface area (TPSA) is 71.3 Å². The molecule has 1 aromatic heterocycles. The first-order valence-corrected chi connectivity index (χ1v) is 5.38. The number of hydrogen-bond acceptors (Lipinski definition) is 3. The zero-order valence-corrected chi connectivity index (χ0v) is 9.77. The molecule has 2 rings (SSSR count). The zero-order valence-electron chi connectivity index (χ0n) is 9.77. The van der Waals surface area contributed by atoms with Gasteiger partial charge in [-0.05, 0) is 25.1 Å². The molecule has 18 heavy (non-hydrogen) atoms. The van der Waals surface area contributed by atoms with Crippen LogP contribution in [-0.2, 0) is 0 Å². The predicted molar refractivity (Wildman–Crippen MR) is 64.8 cm³/mol. The Morgan fingerprint density at radius 3 is 2.28 bits per heavy atom. The van der Waals surface area contributed by atoms with E-state index < -0.39 is 5.91 Å². The number of aryl methyl sites for hydroxylation is 1. The SMILES string of the molecule is Cc1ccoc1C(=O)NNC(=O)c1ccccc1. The lowest BCUT2D eigenvalue weighted by atomic mass is 10.2. The molecule has 1 heterocycles. The number of hydrogen-bond donors (Lipinski definition) is 2. The van der Waals surface area contributed by atoms with E-state index in [1.807, 2.05) is 6.07 Å². The van der Waals surface area contributed by atoms with Crippen molar-refractivity contribution in [3.05, 3.63) is 59.5 Å². The van der Waals surface area contributed by atoms with E-state index in [1.54, 1.807) is 37.3 Å². The summed E-state index contributed by atoms with van der Waals surface area (Å²) in [4.78, 5) is 23.3. The Bertz CT molecular complexity index is 561. The fraction of sp³-hybridized carbons (Fsp3) is 0.0769. The third-order valence-corrected chi connectivity index (χ3v) is 2.39. The van der Waals surface area contributed by atoms with E-state index in [2.05, 4.69) is 10.9 Å². The molecule has 2 aromatic rings.